The Bertz CT molecular complexity index is 283. The van der Waals surface area contributed by atoms with Crippen LogP contribution in [0.2, 0.25) is 0 Å². The van der Waals surface area contributed by atoms with Crippen LogP contribution < -0.4 is 0 Å². The van der Waals surface area contributed by atoms with E-state index in [0.717, 1.165) is 18.7 Å². The molecule has 1 rings (SSSR count). The molecule has 1 aromatic rings. The molecule has 5 heteroatoms. The Morgan fingerprint density at radius 2 is 2.46 bits per heavy atom. The first-order valence-electron chi connectivity index (χ1n) is 4.32. The molecule has 1 heterocycles. The first-order chi connectivity index (χ1) is 6.24. The van der Waals surface area contributed by atoms with Gasteiger partial charge in [0, 0.05) is 13.0 Å². The van der Waals surface area contributed by atoms with E-state index in [-0.39, 0.29) is 6.42 Å². The van der Waals surface area contributed by atoms with Crippen LogP contribution in [-0.2, 0) is 17.8 Å². The monoisotopic (exact) mass is 183 g/mol. The zero-order chi connectivity index (χ0) is 9.68. The number of aryl methyl sites for hydroxylation is 2. The molecule has 0 atom stereocenters. The molecule has 0 bridgehead atoms. The summed E-state index contributed by atoms with van der Waals surface area (Å²) in [7, 11) is 0. The lowest BCUT2D eigenvalue weighted by atomic mass is 10.3. The highest BCUT2D eigenvalue weighted by Gasteiger charge is 2.04. The van der Waals surface area contributed by atoms with Gasteiger partial charge in [0.2, 0.25) is 0 Å². The molecule has 0 spiro atoms. The zero-order valence-corrected chi connectivity index (χ0v) is 7.60. The summed E-state index contributed by atoms with van der Waals surface area (Å²) in [4.78, 5) is 10.3. The van der Waals surface area contributed by atoms with Gasteiger partial charge in [-0.1, -0.05) is 6.92 Å². The summed E-state index contributed by atoms with van der Waals surface area (Å²) < 4.78 is 1.79. The third-order valence-corrected chi connectivity index (χ3v) is 1.74. The van der Waals surface area contributed by atoms with Gasteiger partial charge in [-0.2, -0.15) is 0 Å². The van der Waals surface area contributed by atoms with Gasteiger partial charge < -0.3 is 9.67 Å². The molecule has 0 saturated carbocycles. The predicted octanol–water partition coefficient (Wildman–Crippen LogP) is 0.705. The molecule has 0 fully saturated rings. The standard InChI is InChI=1S/C8H13N3O2/c1-2-3-7-10-9-6-11(7)5-4-8(12)13/h6H,2-5H2,1H3,(H,12,13). The van der Waals surface area contributed by atoms with Gasteiger partial charge in [-0.05, 0) is 6.42 Å². The SMILES string of the molecule is CCCc1nncn1CCC(=O)O. The summed E-state index contributed by atoms with van der Waals surface area (Å²) in [6.07, 6.45) is 3.54. The minimum Gasteiger partial charge on any atom is -0.481 e. The maximum atomic E-state index is 10.3. The fourth-order valence-electron chi connectivity index (χ4n) is 1.10. The van der Waals surface area contributed by atoms with E-state index in [4.69, 9.17) is 5.11 Å². The zero-order valence-electron chi connectivity index (χ0n) is 7.60. The van der Waals surface area contributed by atoms with E-state index >= 15 is 0 Å². The third-order valence-electron chi connectivity index (χ3n) is 1.74. The Morgan fingerprint density at radius 1 is 1.69 bits per heavy atom. The van der Waals surface area contributed by atoms with Crippen LogP contribution in [0, 0.1) is 0 Å². The maximum Gasteiger partial charge on any atom is 0.305 e. The molecule has 0 aliphatic heterocycles. The molecule has 0 aliphatic rings. The molecule has 13 heavy (non-hydrogen) atoms. The van der Waals surface area contributed by atoms with Crippen LogP contribution in [-0.4, -0.2) is 25.8 Å². The minimum atomic E-state index is -0.795. The van der Waals surface area contributed by atoms with Crippen molar-refractivity contribution < 1.29 is 9.90 Å². The van der Waals surface area contributed by atoms with Crippen molar-refractivity contribution in [1.82, 2.24) is 14.8 Å². The van der Waals surface area contributed by atoms with E-state index in [1.54, 1.807) is 10.9 Å². The predicted molar refractivity (Wildman–Crippen MR) is 46.3 cm³/mol. The molecule has 0 radical (unpaired) electrons. The van der Waals surface area contributed by atoms with Crippen LogP contribution in [0.3, 0.4) is 0 Å². The second-order valence-corrected chi connectivity index (χ2v) is 2.83. The average Bonchev–Trinajstić information content (AvgIpc) is 2.49. The van der Waals surface area contributed by atoms with Gasteiger partial charge >= 0.3 is 5.97 Å². The summed E-state index contributed by atoms with van der Waals surface area (Å²) in [6, 6.07) is 0. The quantitative estimate of drug-likeness (QED) is 0.729. The third kappa shape index (κ3) is 2.85. The number of hydrogen-bond donors (Lipinski definition) is 1. The average molecular weight is 183 g/mol. The largest absolute Gasteiger partial charge is 0.481 e. The molecular weight excluding hydrogens is 170 g/mol. The summed E-state index contributed by atoms with van der Waals surface area (Å²) in [5, 5.41) is 16.1. The molecule has 72 valence electrons. The Balaban J connectivity index is 2.54. The molecule has 0 amide bonds. The number of carboxylic acids is 1. The number of carbonyl (C=O) groups is 1. The lowest BCUT2D eigenvalue weighted by molar-refractivity contribution is -0.137. The van der Waals surface area contributed by atoms with Crippen molar-refractivity contribution >= 4 is 5.97 Å². The number of hydrogen-bond acceptors (Lipinski definition) is 3. The van der Waals surface area contributed by atoms with E-state index in [2.05, 4.69) is 17.1 Å². The van der Waals surface area contributed by atoms with Crippen molar-refractivity contribution in [2.24, 2.45) is 0 Å². The maximum absolute atomic E-state index is 10.3. The summed E-state index contributed by atoms with van der Waals surface area (Å²) in [6.45, 7) is 2.51. The van der Waals surface area contributed by atoms with E-state index in [1.807, 2.05) is 0 Å². The highest BCUT2D eigenvalue weighted by molar-refractivity contribution is 5.66. The Labute approximate surface area is 76.4 Å². The van der Waals surface area contributed by atoms with E-state index < -0.39 is 5.97 Å². The second-order valence-electron chi connectivity index (χ2n) is 2.83. The van der Waals surface area contributed by atoms with Gasteiger partial charge in [-0.25, -0.2) is 0 Å². The first kappa shape index (κ1) is 9.70. The van der Waals surface area contributed by atoms with Crippen molar-refractivity contribution in [3.63, 3.8) is 0 Å². The molecule has 0 aromatic carbocycles. The normalized spacial score (nSPS) is 10.2. The van der Waals surface area contributed by atoms with Crippen molar-refractivity contribution in [2.45, 2.75) is 32.7 Å². The Morgan fingerprint density at radius 3 is 3.08 bits per heavy atom. The van der Waals surface area contributed by atoms with Crippen molar-refractivity contribution in [3.8, 4) is 0 Å². The molecule has 1 N–H and O–H groups in total. The number of nitrogens with zero attached hydrogens (tertiary/aromatic N) is 3. The van der Waals surface area contributed by atoms with Crippen LogP contribution >= 0.6 is 0 Å². The number of aromatic nitrogens is 3. The lowest BCUT2D eigenvalue weighted by Crippen LogP contribution is -2.07. The molecule has 0 aliphatic carbocycles. The fourth-order valence-corrected chi connectivity index (χ4v) is 1.10. The Kier molecular flexibility index (Phi) is 3.42. The molecule has 5 nitrogen and oxygen atoms in total. The van der Waals surface area contributed by atoms with Crippen molar-refractivity contribution in [1.29, 1.82) is 0 Å². The van der Waals surface area contributed by atoms with E-state index in [0.29, 0.717) is 6.54 Å². The van der Waals surface area contributed by atoms with Gasteiger partial charge in [0.15, 0.2) is 0 Å². The van der Waals surface area contributed by atoms with Crippen molar-refractivity contribution in [3.05, 3.63) is 12.2 Å². The van der Waals surface area contributed by atoms with Crippen LogP contribution in [0.25, 0.3) is 0 Å². The number of aliphatic carboxylic acids is 1. The van der Waals surface area contributed by atoms with Crippen LogP contribution in [0.4, 0.5) is 0 Å². The van der Waals surface area contributed by atoms with Crippen molar-refractivity contribution in [2.75, 3.05) is 0 Å². The van der Waals surface area contributed by atoms with Gasteiger partial charge in [0.25, 0.3) is 0 Å². The topological polar surface area (TPSA) is 68.0 Å². The van der Waals surface area contributed by atoms with Gasteiger partial charge in [0.05, 0.1) is 6.42 Å². The van der Waals surface area contributed by atoms with Gasteiger partial charge in [-0.3, -0.25) is 4.79 Å². The smallest absolute Gasteiger partial charge is 0.305 e. The fraction of sp³-hybridized carbons (Fsp3) is 0.625. The lowest BCUT2D eigenvalue weighted by Gasteiger charge is -2.02. The van der Waals surface area contributed by atoms with Crippen LogP contribution in [0.15, 0.2) is 6.33 Å². The first-order valence-corrected chi connectivity index (χ1v) is 4.32. The van der Waals surface area contributed by atoms with Gasteiger partial charge in [0.1, 0.15) is 12.2 Å². The summed E-state index contributed by atoms with van der Waals surface area (Å²) in [5.74, 6) is 0.0694. The van der Waals surface area contributed by atoms with Crippen LogP contribution in [0.5, 0.6) is 0 Å². The highest BCUT2D eigenvalue weighted by Crippen LogP contribution is 2.00. The molecule has 1 aromatic heterocycles. The van der Waals surface area contributed by atoms with E-state index in [9.17, 15) is 4.79 Å². The van der Waals surface area contributed by atoms with Crippen LogP contribution in [0.1, 0.15) is 25.6 Å². The minimum absolute atomic E-state index is 0.120. The van der Waals surface area contributed by atoms with Gasteiger partial charge in [-0.15, -0.1) is 10.2 Å². The number of carboxylic acid groups (broad SMARTS) is 1. The molecular formula is C8H13N3O2. The summed E-state index contributed by atoms with van der Waals surface area (Å²) >= 11 is 0. The second kappa shape index (κ2) is 4.59. The van der Waals surface area contributed by atoms with E-state index in [1.165, 1.54) is 0 Å². The Hall–Kier alpha value is -1.39. The number of rotatable bonds is 5. The molecule has 0 saturated heterocycles. The summed E-state index contributed by atoms with van der Waals surface area (Å²) in [5.41, 5.74) is 0. The molecule has 0 unspecified atom stereocenters. The highest BCUT2D eigenvalue weighted by atomic mass is 16.4.